The normalized spacial score (nSPS) is 16.4. The number of nitrogens with one attached hydrogen (secondary N) is 2. The highest BCUT2D eigenvalue weighted by Crippen LogP contribution is 2.37. The van der Waals surface area contributed by atoms with Crippen molar-refractivity contribution in [2.45, 2.75) is 38.7 Å². The van der Waals surface area contributed by atoms with Gasteiger partial charge >= 0.3 is 12.4 Å². The average molecular weight is 489 g/mol. The number of nitrogens with zero attached hydrogens (tertiary/aromatic N) is 1. The molecular formula is C22H21F6N3OS. The van der Waals surface area contributed by atoms with Gasteiger partial charge in [-0.25, -0.2) is 4.99 Å². The van der Waals surface area contributed by atoms with Gasteiger partial charge in [0.05, 0.1) is 28.4 Å². The Morgan fingerprint density at radius 2 is 1.64 bits per heavy atom. The SMILES string of the molecule is CC(C)C[C@H]1COC(c2ccccc2NC(=S)Nc2cc(C(F)(F)F)cc(C(F)(F)F)c2)=N1. The molecule has 0 spiro atoms. The highest BCUT2D eigenvalue weighted by atomic mass is 32.1. The van der Waals surface area contributed by atoms with Gasteiger partial charge in [-0.15, -0.1) is 0 Å². The van der Waals surface area contributed by atoms with Gasteiger partial charge in [0.1, 0.15) is 6.61 Å². The molecule has 0 amide bonds. The number of halogens is 6. The first kappa shape index (κ1) is 24.8. The number of hydrogen-bond donors (Lipinski definition) is 2. The lowest BCUT2D eigenvalue weighted by Crippen LogP contribution is -2.22. The van der Waals surface area contributed by atoms with Crippen LogP contribution in [-0.4, -0.2) is 23.7 Å². The molecular weight excluding hydrogens is 468 g/mol. The second-order valence-electron chi connectivity index (χ2n) is 7.95. The summed E-state index contributed by atoms with van der Waals surface area (Å²) in [6.45, 7) is 4.57. The Morgan fingerprint density at radius 1 is 1.03 bits per heavy atom. The molecule has 1 atom stereocenters. The van der Waals surface area contributed by atoms with E-state index < -0.39 is 29.2 Å². The van der Waals surface area contributed by atoms with Crippen LogP contribution in [0.25, 0.3) is 0 Å². The summed E-state index contributed by atoms with van der Waals surface area (Å²) in [5.41, 5.74) is -2.30. The topological polar surface area (TPSA) is 45.6 Å². The Morgan fingerprint density at radius 3 is 2.21 bits per heavy atom. The van der Waals surface area contributed by atoms with Crippen molar-refractivity contribution in [3.63, 3.8) is 0 Å². The van der Waals surface area contributed by atoms with Crippen LogP contribution in [0.4, 0.5) is 37.7 Å². The van der Waals surface area contributed by atoms with Gasteiger partial charge in [-0.1, -0.05) is 26.0 Å². The molecule has 0 unspecified atom stereocenters. The van der Waals surface area contributed by atoms with Crippen LogP contribution >= 0.6 is 12.2 Å². The number of anilines is 2. The van der Waals surface area contributed by atoms with E-state index in [2.05, 4.69) is 29.5 Å². The summed E-state index contributed by atoms with van der Waals surface area (Å²) in [5.74, 6) is 0.825. The van der Waals surface area contributed by atoms with Crippen molar-refractivity contribution in [2.75, 3.05) is 17.2 Å². The first-order valence-electron chi connectivity index (χ1n) is 10.0. The van der Waals surface area contributed by atoms with Crippen LogP contribution < -0.4 is 10.6 Å². The molecule has 3 rings (SSSR count). The van der Waals surface area contributed by atoms with Crippen molar-refractivity contribution >= 4 is 34.6 Å². The number of para-hydroxylation sites is 1. The van der Waals surface area contributed by atoms with Gasteiger partial charge < -0.3 is 15.4 Å². The molecule has 178 valence electrons. The molecule has 1 heterocycles. The van der Waals surface area contributed by atoms with Crippen LogP contribution in [0.3, 0.4) is 0 Å². The van der Waals surface area contributed by atoms with Crippen LogP contribution in [0.1, 0.15) is 37.0 Å². The van der Waals surface area contributed by atoms with E-state index in [1.807, 2.05) is 0 Å². The number of rotatable bonds is 5. The fraction of sp³-hybridized carbons (Fsp3) is 0.364. The van der Waals surface area contributed by atoms with Gasteiger partial charge in [-0.2, -0.15) is 26.3 Å². The fourth-order valence-corrected chi connectivity index (χ4v) is 3.55. The molecule has 0 aliphatic carbocycles. The third-order valence-electron chi connectivity index (χ3n) is 4.71. The quantitative estimate of drug-likeness (QED) is 0.361. The van der Waals surface area contributed by atoms with Gasteiger partial charge in [-0.05, 0) is 54.9 Å². The first-order chi connectivity index (χ1) is 15.3. The molecule has 0 fully saturated rings. The van der Waals surface area contributed by atoms with Crippen LogP contribution in [0.2, 0.25) is 0 Å². The fourth-order valence-electron chi connectivity index (χ4n) is 3.32. The maximum absolute atomic E-state index is 13.1. The van der Waals surface area contributed by atoms with Crippen molar-refractivity contribution in [1.29, 1.82) is 0 Å². The van der Waals surface area contributed by atoms with Crippen molar-refractivity contribution in [3.8, 4) is 0 Å². The zero-order valence-corrected chi connectivity index (χ0v) is 18.5. The number of thiocarbonyl (C=S) groups is 1. The van der Waals surface area contributed by atoms with Crippen LogP contribution in [-0.2, 0) is 17.1 Å². The second kappa shape index (κ2) is 9.58. The minimum Gasteiger partial charge on any atom is -0.475 e. The number of aliphatic imine (C=N–C) groups is 1. The minimum atomic E-state index is -4.95. The number of alkyl halides is 6. The molecule has 0 radical (unpaired) electrons. The van der Waals surface area contributed by atoms with E-state index in [9.17, 15) is 26.3 Å². The van der Waals surface area contributed by atoms with Crippen molar-refractivity contribution in [3.05, 3.63) is 59.2 Å². The van der Waals surface area contributed by atoms with Gasteiger partial charge in [0.25, 0.3) is 0 Å². The monoisotopic (exact) mass is 489 g/mol. The van der Waals surface area contributed by atoms with E-state index in [0.717, 1.165) is 6.42 Å². The zero-order valence-electron chi connectivity index (χ0n) is 17.6. The van der Waals surface area contributed by atoms with Crippen molar-refractivity contribution in [2.24, 2.45) is 10.9 Å². The molecule has 0 bridgehead atoms. The maximum Gasteiger partial charge on any atom is 0.416 e. The van der Waals surface area contributed by atoms with E-state index in [1.165, 1.54) is 0 Å². The first-order valence-corrected chi connectivity index (χ1v) is 10.4. The molecule has 2 aromatic carbocycles. The lowest BCUT2D eigenvalue weighted by molar-refractivity contribution is -0.143. The molecule has 0 saturated carbocycles. The van der Waals surface area contributed by atoms with E-state index in [4.69, 9.17) is 17.0 Å². The summed E-state index contributed by atoms with van der Waals surface area (Å²) in [6, 6.07) is 8.02. The van der Waals surface area contributed by atoms with Crippen molar-refractivity contribution in [1.82, 2.24) is 0 Å². The third kappa shape index (κ3) is 6.59. The zero-order chi connectivity index (χ0) is 24.4. The van der Waals surface area contributed by atoms with Gasteiger partial charge in [0.15, 0.2) is 5.11 Å². The highest BCUT2D eigenvalue weighted by molar-refractivity contribution is 7.80. The van der Waals surface area contributed by atoms with Crippen molar-refractivity contribution < 1.29 is 31.1 Å². The Kier molecular flexibility index (Phi) is 7.20. The molecule has 2 aromatic rings. The highest BCUT2D eigenvalue weighted by Gasteiger charge is 2.37. The van der Waals surface area contributed by atoms with Gasteiger partial charge in [0, 0.05) is 5.69 Å². The summed E-state index contributed by atoms with van der Waals surface area (Å²) >= 11 is 5.14. The molecule has 4 nitrogen and oxygen atoms in total. The molecule has 1 aliphatic heterocycles. The van der Waals surface area contributed by atoms with E-state index in [-0.39, 0.29) is 17.2 Å². The third-order valence-corrected chi connectivity index (χ3v) is 4.91. The Balaban J connectivity index is 1.81. The maximum atomic E-state index is 13.1. The molecule has 33 heavy (non-hydrogen) atoms. The van der Waals surface area contributed by atoms with Crippen LogP contribution in [0, 0.1) is 5.92 Å². The minimum absolute atomic E-state index is 0.00373. The molecule has 0 aromatic heterocycles. The molecule has 0 saturated heterocycles. The predicted octanol–water partition coefficient (Wildman–Crippen LogP) is 6.72. The number of ether oxygens (including phenoxy) is 1. The number of hydrogen-bond acceptors (Lipinski definition) is 3. The lowest BCUT2D eigenvalue weighted by atomic mass is 10.1. The van der Waals surface area contributed by atoms with Gasteiger partial charge in [-0.3, -0.25) is 0 Å². The summed E-state index contributed by atoms with van der Waals surface area (Å²) in [4.78, 5) is 4.57. The van der Waals surface area contributed by atoms with E-state index in [0.29, 0.717) is 41.8 Å². The Hall–Kier alpha value is -2.82. The molecule has 1 aliphatic rings. The second-order valence-corrected chi connectivity index (χ2v) is 8.36. The van der Waals surface area contributed by atoms with E-state index >= 15 is 0 Å². The predicted molar refractivity (Wildman–Crippen MR) is 118 cm³/mol. The Labute approximate surface area is 192 Å². The van der Waals surface area contributed by atoms with Crippen LogP contribution in [0.5, 0.6) is 0 Å². The smallest absolute Gasteiger partial charge is 0.416 e. The lowest BCUT2D eigenvalue weighted by Gasteiger charge is -2.17. The largest absolute Gasteiger partial charge is 0.475 e. The van der Waals surface area contributed by atoms with Gasteiger partial charge in [0.2, 0.25) is 5.90 Å². The summed E-state index contributed by atoms with van der Waals surface area (Å²) in [6.07, 6.45) is -9.07. The Bertz CT molecular complexity index is 1020. The summed E-state index contributed by atoms with van der Waals surface area (Å²) in [7, 11) is 0. The van der Waals surface area contributed by atoms with Crippen LogP contribution in [0.15, 0.2) is 47.5 Å². The summed E-state index contributed by atoms with van der Waals surface area (Å²) in [5, 5.41) is 5.02. The van der Waals surface area contributed by atoms with E-state index in [1.54, 1.807) is 24.3 Å². The number of benzene rings is 2. The standard InChI is InChI=1S/C22H21F6N3OS/c1-12(2)7-16-11-32-19(29-16)17-5-3-4-6-18(17)31-20(33)30-15-9-13(21(23,24)25)8-14(10-15)22(26,27)28/h3-6,8-10,12,16H,7,11H2,1-2H3,(H2,30,31,33)/t16-/m0/s1. The summed E-state index contributed by atoms with van der Waals surface area (Å²) < 4.78 is 84.2. The molecule has 2 N–H and O–H groups in total. The molecule has 11 heteroatoms. The average Bonchev–Trinajstić information content (AvgIpc) is 3.14.